The highest BCUT2D eigenvalue weighted by Crippen LogP contribution is 2.58. The number of aromatic nitrogens is 2. The third kappa shape index (κ3) is 12.0. The fourth-order valence-corrected chi connectivity index (χ4v) is 22.4. The van der Waals surface area contributed by atoms with E-state index >= 15 is 0 Å². The van der Waals surface area contributed by atoms with Gasteiger partial charge >= 0.3 is 0 Å². The molecule has 27 rings (SSSR count). The second-order valence-electron chi connectivity index (χ2n) is 39.2. The second-order valence-corrected chi connectivity index (χ2v) is 40.3. The Morgan fingerprint density at radius 3 is 1.07 bits per heavy atom. The van der Waals surface area contributed by atoms with Gasteiger partial charge in [-0.2, -0.15) is 0 Å². The van der Waals surface area contributed by atoms with Gasteiger partial charge in [-0.1, -0.05) is 281 Å². The third-order valence-electron chi connectivity index (χ3n) is 28.1. The minimum Gasteiger partial charge on any atom is -0.456 e. The van der Waals surface area contributed by atoms with Crippen molar-refractivity contribution in [3.63, 3.8) is 0 Å². The van der Waals surface area contributed by atoms with Gasteiger partial charge in [-0.25, -0.2) is 0 Å². The number of fused-ring (bicyclic) bond motifs is 32. The summed E-state index contributed by atoms with van der Waals surface area (Å²) in [7, 11) is 0. The first kappa shape index (κ1) is 64.9. The van der Waals surface area contributed by atoms with Gasteiger partial charge in [0.25, 0.3) is 6.71 Å². The van der Waals surface area contributed by atoms with Crippen molar-refractivity contribution >= 4 is 176 Å². The number of para-hydroxylation sites is 4. The molecule has 0 aliphatic carbocycles. The van der Waals surface area contributed by atoms with Crippen molar-refractivity contribution in [1.29, 1.82) is 0 Å². The van der Waals surface area contributed by atoms with Crippen LogP contribution in [0.15, 0.2) is 397 Å². The molecule has 13 bridgehead atoms. The number of rotatable bonds is 6. The van der Waals surface area contributed by atoms with Crippen molar-refractivity contribution in [1.82, 2.24) is 9.13 Å². The highest BCUT2D eigenvalue weighted by Gasteiger charge is 2.47. The Labute approximate surface area is 801 Å². The van der Waals surface area contributed by atoms with E-state index in [1.165, 1.54) is 0 Å². The summed E-state index contributed by atoms with van der Waals surface area (Å²) < 4.78 is 162. The van der Waals surface area contributed by atoms with Crippen LogP contribution >= 0.6 is 11.3 Å². The lowest BCUT2D eigenvalue weighted by Gasteiger charge is -2.47. The molecule has 6 nitrogen and oxygen atoms in total. The van der Waals surface area contributed by atoms with Gasteiger partial charge < -0.3 is 27.8 Å². The Balaban J connectivity index is 0.831. The molecule has 134 heavy (non-hydrogen) atoms. The summed E-state index contributed by atoms with van der Waals surface area (Å²) in [6, 6.07) is 99.5. The molecular weight excluding hydrogens is 1640 g/mol. The number of hydrogen-bond donors (Lipinski definition) is 0. The summed E-state index contributed by atoms with van der Waals surface area (Å²) in [5, 5.41) is 5.44. The zero-order valence-corrected chi connectivity index (χ0v) is 75.8. The number of furan rings is 2. The Morgan fingerprint density at radius 1 is 0.261 bits per heavy atom. The number of benzene rings is 19. The van der Waals surface area contributed by atoms with E-state index in [1.807, 2.05) is 84.9 Å². The summed E-state index contributed by atoms with van der Waals surface area (Å²) in [5.41, 5.74) is 23.5. The maximum atomic E-state index is 10.8. The zero-order valence-electron chi connectivity index (χ0n) is 89.0. The van der Waals surface area contributed by atoms with Gasteiger partial charge in [0.15, 0.2) is 0 Å². The molecule has 8 heterocycles. The fourth-order valence-electron chi connectivity index (χ4n) is 21.4. The summed E-state index contributed by atoms with van der Waals surface area (Å²) in [6.07, 6.45) is 0. The molecular formula is C126H91BN4O2S. The molecule has 0 saturated heterocycles. The molecule has 24 aromatic rings. The molecule has 0 saturated carbocycles. The average molecular weight is 1750 g/mol. The van der Waals surface area contributed by atoms with Crippen molar-refractivity contribution in [3.8, 4) is 100 Å². The predicted octanol–water partition coefficient (Wildman–Crippen LogP) is 33.7. The lowest BCUT2D eigenvalue weighted by atomic mass is 9.33. The Hall–Kier alpha value is -15.7. The number of thiophene rings is 1. The van der Waals surface area contributed by atoms with Crippen LogP contribution in [-0.2, 0) is 16.2 Å². The molecule has 8 heteroatoms. The maximum Gasteiger partial charge on any atom is 0.252 e. The van der Waals surface area contributed by atoms with Crippen molar-refractivity contribution in [2.45, 2.75) is 78.6 Å². The van der Waals surface area contributed by atoms with Crippen LogP contribution in [0.2, 0.25) is 0 Å². The van der Waals surface area contributed by atoms with Gasteiger partial charge in [-0.05, 0) is 286 Å². The van der Waals surface area contributed by atoms with Crippen molar-refractivity contribution in [3.05, 3.63) is 405 Å². The van der Waals surface area contributed by atoms with Gasteiger partial charge in [0.2, 0.25) is 0 Å². The molecule has 0 unspecified atom stereocenters. The van der Waals surface area contributed by atoms with Crippen molar-refractivity contribution < 1.29 is 28.0 Å². The molecule has 0 amide bonds. The topological polar surface area (TPSA) is 42.6 Å². The molecule has 3 aliphatic rings. The van der Waals surface area contributed by atoms with E-state index in [0.717, 1.165) is 164 Å². The summed E-state index contributed by atoms with van der Waals surface area (Å²) in [5.74, 6) is 0. The van der Waals surface area contributed by atoms with E-state index in [1.54, 1.807) is 44.7 Å². The normalized spacial score (nSPS) is 14.5. The largest absolute Gasteiger partial charge is 0.456 e. The van der Waals surface area contributed by atoms with Gasteiger partial charge in [0.1, 0.15) is 22.3 Å². The Bertz CT molecular complexity index is 9540. The third-order valence-corrected chi connectivity index (χ3v) is 29.3. The standard InChI is InChI=1S/C126H91BN4O2S/c1-124(2,3)86-66-95(74-26-12-10-13-27-74)122-97(68-86)84-32-24-30-76(58-84)82-46-56-119-103(64-82)104-65-83(47-57-120(104)134-119)77-31-25-33-85(59-77)98-69-87(125(4,5)6)67-96(75-28-14-11-15-29-75)123(98)131-112-73-90(129-108-39-21-17-35-92(108)100-61-79(43-53-110(100)129)81-45-55-118-102(63-81)94-37-19-23-41-116(94)133-118)49-51-106(112)127-105-50-48-89(72-111(105)130(122)113-70-88(126(7,8)9)71-114(131)121(113)127)128-107-38-20-16-34-91(107)99-60-78(42-52-109(99)128)80-44-54-117-101(62-80)93-36-18-22-40-115(93)132-117/h10-73H,1-9H3/i16D,17D,20D,21D,34D,35D,38D,39D,42D,43D,52D,53D,60D,61D. The van der Waals surface area contributed by atoms with Crippen LogP contribution in [-0.4, -0.2) is 15.8 Å². The van der Waals surface area contributed by atoms with E-state index < -0.39 is 71.3 Å². The van der Waals surface area contributed by atoms with Gasteiger partial charge in [0.05, 0.1) is 52.6 Å². The molecule has 0 atom stereocenters. The zero-order chi connectivity index (χ0) is 102. The first-order valence-corrected chi connectivity index (χ1v) is 46.6. The first-order chi connectivity index (χ1) is 71.1. The molecule has 0 spiro atoms. The fraction of sp³-hybridized carbons (Fsp3) is 0.0952. The molecule has 3 aliphatic heterocycles. The highest BCUT2D eigenvalue weighted by molar-refractivity contribution is 7.25. The van der Waals surface area contributed by atoms with Crippen LogP contribution in [0.1, 0.15) is 98.2 Å². The smallest absolute Gasteiger partial charge is 0.252 e. The SMILES string of the molecule is [2H]c1c([2H])c([2H])c2c(c1[2H])c1c([2H])c(-c3ccc4oc5ccccc5c4c3)c([2H])c([2H])c1n2-c1ccc2c(c1)N1c3cc(C(C)(C)C)cc4c3B2c2ccc(-n3c5c([2H])c([2H])c([2H])c([2H])c5c5c([2H])c(-c6ccc7oc8ccccc8c7c6)c([2H])c([2H])c53)cc2N4c2c(-c3ccccc3)cc(C(C)(C)C)cc2-c2cccc(c2)-c2ccc3sc4ccc(cc4c3c2)-c2cccc(c2)-c2cc(C(C)(C)C)cc(-c3ccccc3)c21. The van der Waals surface area contributed by atoms with Gasteiger partial charge in [-0.3, -0.25) is 0 Å². The van der Waals surface area contributed by atoms with Crippen LogP contribution in [0, 0.1) is 0 Å². The van der Waals surface area contributed by atoms with E-state index in [-0.39, 0.29) is 91.0 Å². The minimum atomic E-state index is -0.808. The highest BCUT2D eigenvalue weighted by atomic mass is 32.1. The maximum absolute atomic E-state index is 10.8. The van der Waals surface area contributed by atoms with Gasteiger partial charge in [0, 0.05) is 120 Å². The van der Waals surface area contributed by atoms with E-state index in [4.69, 9.17) is 8.83 Å². The number of hydrogen-bond acceptors (Lipinski definition) is 5. The molecule has 0 radical (unpaired) electrons. The molecule has 636 valence electrons. The second kappa shape index (κ2) is 28.9. The quantitative estimate of drug-likeness (QED) is 0.156. The van der Waals surface area contributed by atoms with Gasteiger partial charge in [-0.15, -0.1) is 11.3 Å². The molecule has 5 aromatic heterocycles. The number of anilines is 6. The van der Waals surface area contributed by atoms with E-state index in [9.17, 15) is 19.2 Å². The van der Waals surface area contributed by atoms with Crippen LogP contribution in [0.3, 0.4) is 0 Å². The number of nitrogens with zero attached hydrogens (tertiary/aromatic N) is 4. The lowest BCUT2D eigenvalue weighted by Crippen LogP contribution is -2.61. The van der Waals surface area contributed by atoms with Crippen molar-refractivity contribution in [2.24, 2.45) is 0 Å². The van der Waals surface area contributed by atoms with Crippen LogP contribution in [0.4, 0.5) is 34.1 Å². The van der Waals surface area contributed by atoms with E-state index in [0.29, 0.717) is 56.2 Å². The monoisotopic (exact) mass is 1750 g/mol. The van der Waals surface area contributed by atoms with Crippen molar-refractivity contribution in [2.75, 3.05) is 9.80 Å². The molecule has 19 aromatic carbocycles. The Kier molecular flexibility index (Phi) is 14.0. The predicted molar refractivity (Wildman–Crippen MR) is 570 cm³/mol. The Morgan fingerprint density at radius 2 is 0.619 bits per heavy atom. The molecule has 0 fully saturated rings. The summed E-state index contributed by atoms with van der Waals surface area (Å²) in [4.78, 5) is 4.86. The minimum absolute atomic E-state index is 0.00199. The van der Waals surface area contributed by atoms with Crippen LogP contribution in [0.5, 0.6) is 0 Å². The summed E-state index contributed by atoms with van der Waals surface area (Å²) >= 11 is 1.77. The van der Waals surface area contributed by atoms with E-state index in [2.05, 4.69) is 266 Å². The first-order valence-electron chi connectivity index (χ1n) is 52.8. The molecule has 0 N–H and O–H groups in total. The lowest BCUT2D eigenvalue weighted by molar-refractivity contribution is 0.590. The summed E-state index contributed by atoms with van der Waals surface area (Å²) in [6.45, 7) is 19.4. The van der Waals surface area contributed by atoms with Crippen LogP contribution < -0.4 is 26.2 Å². The average Bonchev–Trinajstić information content (AvgIpc) is 1.04. The van der Waals surface area contributed by atoms with Crippen LogP contribution in [0.25, 0.3) is 208 Å².